The molecule has 1 fully saturated rings. The third-order valence-corrected chi connectivity index (χ3v) is 2.70. The van der Waals surface area contributed by atoms with E-state index < -0.39 is 41.8 Å². The number of carbonyl (C=O) groups is 2. The van der Waals surface area contributed by atoms with Crippen molar-refractivity contribution in [1.29, 1.82) is 0 Å². The number of ether oxygens (including phenoxy) is 1. The van der Waals surface area contributed by atoms with Crippen molar-refractivity contribution >= 4 is 12.1 Å². The van der Waals surface area contributed by atoms with Gasteiger partial charge in [0.25, 0.3) is 0 Å². The highest BCUT2D eigenvalue weighted by Gasteiger charge is 2.46. The van der Waals surface area contributed by atoms with E-state index >= 15 is 0 Å². The van der Waals surface area contributed by atoms with Gasteiger partial charge < -0.3 is 25.4 Å². The Hall–Kier alpha value is -1.34. The number of hydrogen-bond acceptors (Lipinski definition) is 5. The van der Waals surface area contributed by atoms with Gasteiger partial charge in [0.1, 0.15) is 11.7 Å². The molecule has 0 aromatic carbocycles. The highest BCUT2D eigenvalue weighted by atomic mass is 16.6. The molecule has 1 aliphatic rings. The molecule has 7 heteroatoms. The molecule has 0 spiro atoms. The molecule has 4 atom stereocenters. The summed E-state index contributed by atoms with van der Waals surface area (Å²) in [5, 5.41) is 30.4. The van der Waals surface area contributed by atoms with Crippen LogP contribution in [0.15, 0.2) is 0 Å². The first kappa shape index (κ1) is 14.7. The van der Waals surface area contributed by atoms with Crippen LogP contribution in [0.2, 0.25) is 0 Å². The molecule has 7 nitrogen and oxygen atoms in total. The molecule has 1 saturated carbocycles. The van der Waals surface area contributed by atoms with Crippen molar-refractivity contribution in [3.63, 3.8) is 0 Å². The zero-order valence-electron chi connectivity index (χ0n) is 10.6. The Morgan fingerprint density at radius 1 is 1.22 bits per heavy atom. The Kier molecular flexibility index (Phi) is 4.18. The van der Waals surface area contributed by atoms with Gasteiger partial charge in [-0.15, -0.1) is 0 Å². The molecule has 1 amide bonds. The van der Waals surface area contributed by atoms with Gasteiger partial charge in [-0.25, -0.2) is 4.79 Å². The number of aliphatic hydroxyl groups is 2. The summed E-state index contributed by atoms with van der Waals surface area (Å²) in [4.78, 5) is 22.3. The van der Waals surface area contributed by atoms with Gasteiger partial charge in [-0.1, -0.05) is 0 Å². The lowest BCUT2D eigenvalue weighted by molar-refractivity contribution is -0.145. The van der Waals surface area contributed by atoms with Crippen LogP contribution in [0, 0.1) is 5.92 Å². The SMILES string of the molecule is CC(C)(C)OC(=O)N[C@@H]1C[C@H](C(=O)O)[C@H](O)[C@H]1O. The summed E-state index contributed by atoms with van der Waals surface area (Å²) in [6.45, 7) is 5.06. The summed E-state index contributed by atoms with van der Waals surface area (Å²) >= 11 is 0. The topological polar surface area (TPSA) is 116 Å². The molecule has 4 N–H and O–H groups in total. The molecule has 1 aliphatic carbocycles. The Balaban J connectivity index is 2.59. The summed E-state index contributed by atoms with van der Waals surface area (Å²) < 4.78 is 4.99. The van der Waals surface area contributed by atoms with Crippen molar-refractivity contribution in [2.24, 2.45) is 5.92 Å². The lowest BCUT2D eigenvalue weighted by atomic mass is 10.1. The van der Waals surface area contributed by atoms with Gasteiger partial charge in [0.05, 0.1) is 18.1 Å². The van der Waals surface area contributed by atoms with E-state index in [2.05, 4.69) is 5.32 Å². The quantitative estimate of drug-likeness (QED) is 0.542. The second-order valence-corrected chi connectivity index (χ2v) is 5.41. The second-order valence-electron chi connectivity index (χ2n) is 5.41. The second kappa shape index (κ2) is 5.11. The van der Waals surface area contributed by atoms with Crippen LogP contribution in [0.3, 0.4) is 0 Å². The van der Waals surface area contributed by atoms with E-state index in [0.29, 0.717) is 0 Å². The molecule has 0 bridgehead atoms. The fourth-order valence-corrected chi connectivity index (χ4v) is 1.88. The minimum Gasteiger partial charge on any atom is -0.481 e. The van der Waals surface area contributed by atoms with Crippen molar-refractivity contribution in [1.82, 2.24) is 5.32 Å². The van der Waals surface area contributed by atoms with Crippen LogP contribution in [0.4, 0.5) is 4.79 Å². The standard InChI is InChI=1S/C11H19NO6/c1-11(2,3)18-10(17)12-6-4-5(9(15)16)7(13)8(6)14/h5-8,13-14H,4H2,1-3H3,(H,12,17)(H,15,16)/t5-,6+,7-,8-/m0/s1. The number of carbonyl (C=O) groups excluding carboxylic acids is 1. The van der Waals surface area contributed by atoms with Gasteiger partial charge in [-0.2, -0.15) is 0 Å². The van der Waals surface area contributed by atoms with Gasteiger partial charge in [-0.3, -0.25) is 4.79 Å². The van der Waals surface area contributed by atoms with E-state index in [4.69, 9.17) is 9.84 Å². The first-order chi connectivity index (χ1) is 8.11. The molecule has 0 heterocycles. The van der Waals surface area contributed by atoms with E-state index in [1.54, 1.807) is 20.8 Å². The van der Waals surface area contributed by atoms with E-state index in [1.165, 1.54) is 0 Å². The van der Waals surface area contributed by atoms with Crippen LogP contribution in [0.5, 0.6) is 0 Å². The van der Waals surface area contributed by atoms with E-state index in [-0.39, 0.29) is 6.42 Å². The Labute approximate surface area is 105 Å². The van der Waals surface area contributed by atoms with Gasteiger partial charge in [0.2, 0.25) is 0 Å². The predicted molar refractivity (Wildman–Crippen MR) is 60.9 cm³/mol. The van der Waals surface area contributed by atoms with E-state index in [9.17, 15) is 19.8 Å². The number of carboxylic acids is 1. The van der Waals surface area contributed by atoms with Crippen molar-refractivity contribution in [2.45, 2.75) is 51.0 Å². The monoisotopic (exact) mass is 261 g/mol. The van der Waals surface area contributed by atoms with Crippen LogP contribution in [-0.2, 0) is 9.53 Å². The number of rotatable bonds is 2. The van der Waals surface area contributed by atoms with Crippen molar-refractivity contribution in [3.8, 4) is 0 Å². The number of carboxylic acid groups (broad SMARTS) is 1. The highest BCUT2D eigenvalue weighted by Crippen LogP contribution is 2.27. The summed E-state index contributed by atoms with van der Waals surface area (Å²) in [6.07, 6.45) is -3.47. The molecule has 0 saturated heterocycles. The van der Waals surface area contributed by atoms with Crippen LogP contribution in [-0.4, -0.2) is 51.2 Å². The number of aliphatic hydroxyl groups excluding tert-OH is 2. The Morgan fingerprint density at radius 2 is 1.78 bits per heavy atom. The van der Waals surface area contributed by atoms with Crippen LogP contribution in [0.1, 0.15) is 27.2 Å². The third-order valence-electron chi connectivity index (χ3n) is 2.70. The number of nitrogens with one attached hydrogen (secondary N) is 1. The van der Waals surface area contributed by atoms with E-state index in [1.807, 2.05) is 0 Å². The zero-order chi connectivity index (χ0) is 14.1. The maximum Gasteiger partial charge on any atom is 0.407 e. The molecular weight excluding hydrogens is 242 g/mol. The minimum absolute atomic E-state index is 0.0308. The van der Waals surface area contributed by atoms with Gasteiger partial charge in [-0.05, 0) is 27.2 Å². The molecule has 0 radical (unpaired) electrons. The maximum atomic E-state index is 11.5. The van der Waals surface area contributed by atoms with Crippen LogP contribution in [0.25, 0.3) is 0 Å². The lowest BCUT2D eigenvalue weighted by Crippen LogP contribution is -2.45. The summed E-state index contributed by atoms with van der Waals surface area (Å²) in [7, 11) is 0. The molecule has 18 heavy (non-hydrogen) atoms. The average molecular weight is 261 g/mol. The first-order valence-corrected chi connectivity index (χ1v) is 5.70. The number of amides is 1. The van der Waals surface area contributed by atoms with Gasteiger partial charge in [0.15, 0.2) is 0 Å². The van der Waals surface area contributed by atoms with Crippen molar-refractivity contribution in [2.75, 3.05) is 0 Å². The van der Waals surface area contributed by atoms with Crippen molar-refractivity contribution in [3.05, 3.63) is 0 Å². The number of aliphatic carboxylic acids is 1. The van der Waals surface area contributed by atoms with Crippen LogP contribution >= 0.6 is 0 Å². The minimum atomic E-state index is -1.39. The summed E-state index contributed by atoms with van der Waals surface area (Å²) in [5.74, 6) is -2.28. The summed E-state index contributed by atoms with van der Waals surface area (Å²) in [5.41, 5.74) is -0.682. The third kappa shape index (κ3) is 3.58. The smallest absolute Gasteiger partial charge is 0.407 e. The number of hydrogen-bond donors (Lipinski definition) is 4. The molecule has 104 valence electrons. The molecule has 0 aromatic rings. The van der Waals surface area contributed by atoms with E-state index in [0.717, 1.165) is 0 Å². The van der Waals surface area contributed by atoms with Crippen molar-refractivity contribution < 1.29 is 29.6 Å². The molecule has 1 rings (SSSR count). The van der Waals surface area contributed by atoms with Gasteiger partial charge in [0, 0.05) is 0 Å². The Morgan fingerprint density at radius 3 is 2.17 bits per heavy atom. The largest absolute Gasteiger partial charge is 0.481 e. The highest BCUT2D eigenvalue weighted by molar-refractivity contribution is 5.72. The molecule has 0 aliphatic heterocycles. The fraction of sp³-hybridized carbons (Fsp3) is 0.818. The predicted octanol–water partition coefficient (Wildman–Crippen LogP) is -0.294. The Bertz CT molecular complexity index is 337. The van der Waals surface area contributed by atoms with Crippen LogP contribution < -0.4 is 5.32 Å². The fourth-order valence-electron chi connectivity index (χ4n) is 1.88. The number of alkyl carbamates (subject to hydrolysis) is 1. The maximum absolute atomic E-state index is 11.5. The zero-order valence-corrected chi connectivity index (χ0v) is 10.6. The van der Waals surface area contributed by atoms with Gasteiger partial charge >= 0.3 is 12.1 Å². The molecular formula is C11H19NO6. The summed E-state index contributed by atoms with van der Waals surface area (Å²) in [6, 6.07) is -0.823. The normalized spacial score (nSPS) is 32.1. The first-order valence-electron chi connectivity index (χ1n) is 5.70. The molecule has 0 aromatic heterocycles. The lowest BCUT2D eigenvalue weighted by Gasteiger charge is -2.23. The molecule has 0 unspecified atom stereocenters. The average Bonchev–Trinajstić information content (AvgIpc) is 2.43.